The molecule has 0 aliphatic carbocycles. The normalized spacial score (nSPS) is 11.9. The van der Waals surface area contributed by atoms with E-state index in [1.165, 1.54) is 0 Å². The largest absolute Gasteiger partial charge is 0.491 e. The average molecular weight is 375 g/mol. The van der Waals surface area contributed by atoms with E-state index in [1.807, 2.05) is 56.3 Å². The topological polar surface area (TPSA) is 33.6 Å². The molecule has 0 unspecified atom stereocenters. The first-order valence-corrected chi connectivity index (χ1v) is 9.63. The molecule has 0 aliphatic heterocycles. The van der Waals surface area contributed by atoms with Crippen molar-refractivity contribution in [2.75, 3.05) is 5.32 Å². The highest BCUT2D eigenvalue weighted by Gasteiger charge is 1.98. The van der Waals surface area contributed by atoms with Crippen molar-refractivity contribution in [3.05, 3.63) is 84.6 Å². The van der Waals surface area contributed by atoms with E-state index in [0.717, 1.165) is 28.1 Å². The van der Waals surface area contributed by atoms with Crippen LogP contribution in [0.5, 0.6) is 5.75 Å². The van der Waals surface area contributed by atoms with Crippen molar-refractivity contribution in [2.24, 2.45) is 4.99 Å². The van der Waals surface area contributed by atoms with Gasteiger partial charge < -0.3 is 10.1 Å². The number of anilines is 1. The number of aliphatic imine (C=N–C) groups is 1. The fourth-order valence-electron chi connectivity index (χ4n) is 2.53. The second-order valence-corrected chi connectivity index (χ2v) is 7.11. The van der Waals surface area contributed by atoms with E-state index >= 15 is 0 Å². The summed E-state index contributed by atoms with van der Waals surface area (Å²) in [7, 11) is 0. The van der Waals surface area contributed by atoms with Gasteiger partial charge >= 0.3 is 0 Å². The lowest BCUT2D eigenvalue weighted by Gasteiger charge is -2.10. The number of ether oxygens (including phenoxy) is 1. The molecule has 0 amide bonds. The first-order chi connectivity index (χ1) is 13.4. The SMILES string of the molecule is C=C(\C=C/C=N\C=C\c1ccc(OC(C)C)cc1)c1ccc(NC(C)C)cc1. The first kappa shape index (κ1) is 21.2. The highest BCUT2D eigenvalue weighted by Crippen LogP contribution is 2.17. The highest BCUT2D eigenvalue weighted by atomic mass is 16.5. The van der Waals surface area contributed by atoms with Crippen molar-refractivity contribution in [1.82, 2.24) is 0 Å². The fraction of sp³-hybridized carbons (Fsp3) is 0.240. The predicted octanol–water partition coefficient (Wildman–Crippen LogP) is 6.61. The zero-order valence-electron chi connectivity index (χ0n) is 17.2. The fourth-order valence-corrected chi connectivity index (χ4v) is 2.53. The molecule has 1 N–H and O–H groups in total. The molecule has 0 atom stereocenters. The molecule has 0 saturated carbocycles. The van der Waals surface area contributed by atoms with Gasteiger partial charge in [-0.25, -0.2) is 0 Å². The molecule has 0 bridgehead atoms. The molecule has 2 aromatic rings. The molecule has 0 fully saturated rings. The third-order valence-corrected chi connectivity index (χ3v) is 3.79. The smallest absolute Gasteiger partial charge is 0.119 e. The molecule has 0 spiro atoms. The van der Waals surface area contributed by atoms with E-state index in [9.17, 15) is 0 Å². The van der Waals surface area contributed by atoms with Crippen LogP contribution in [-0.2, 0) is 0 Å². The van der Waals surface area contributed by atoms with Gasteiger partial charge in [0.05, 0.1) is 6.10 Å². The zero-order chi connectivity index (χ0) is 20.4. The lowest BCUT2D eigenvalue weighted by molar-refractivity contribution is 0.242. The quantitative estimate of drug-likeness (QED) is 0.396. The van der Waals surface area contributed by atoms with Gasteiger partial charge in [-0.15, -0.1) is 0 Å². The molecule has 146 valence electrons. The summed E-state index contributed by atoms with van der Waals surface area (Å²) in [5.41, 5.74) is 4.24. The van der Waals surface area contributed by atoms with Gasteiger partial charge in [-0.3, -0.25) is 4.99 Å². The van der Waals surface area contributed by atoms with Crippen LogP contribution in [0.25, 0.3) is 11.6 Å². The van der Waals surface area contributed by atoms with Gasteiger partial charge in [-0.2, -0.15) is 0 Å². The molecule has 3 heteroatoms. The molecular weight excluding hydrogens is 344 g/mol. The number of nitrogens with one attached hydrogen (secondary N) is 1. The Morgan fingerprint density at radius 2 is 1.68 bits per heavy atom. The van der Waals surface area contributed by atoms with E-state index in [0.29, 0.717) is 6.04 Å². The number of benzene rings is 2. The molecule has 0 radical (unpaired) electrons. The minimum atomic E-state index is 0.183. The van der Waals surface area contributed by atoms with Gasteiger partial charge in [0.1, 0.15) is 5.75 Å². The maximum atomic E-state index is 5.63. The minimum Gasteiger partial charge on any atom is -0.491 e. The van der Waals surface area contributed by atoms with Crippen molar-refractivity contribution in [1.29, 1.82) is 0 Å². The Bertz CT molecular complexity index is 826. The second kappa shape index (κ2) is 10.9. The van der Waals surface area contributed by atoms with E-state index in [2.05, 4.69) is 55.0 Å². The van der Waals surface area contributed by atoms with E-state index in [1.54, 1.807) is 12.4 Å². The highest BCUT2D eigenvalue weighted by molar-refractivity contribution is 5.81. The van der Waals surface area contributed by atoms with Crippen molar-refractivity contribution >= 4 is 23.6 Å². The van der Waals surface area contributed by atoms with Crippen LogP contribution in [0.2, 0.25) is 0 Å². The summed E-state index contributed by atoms with van der Waals surface area (Å²) < 4.78 is 5.63. The van der Waals surface area contributed by atoms with Crippen LogP contribution in [0.4, 0.5) is 5.69 Å². The average Bonchev–Trinajstić information content (AvgIpc) is 2.65. The van der Waals surface area contributed by atoms with Crippen molar-refractivity contribution in [2.45, 2.75) is 39.8 Å². The summed E-state index contributed by atoms with van der Waals surface area (Å²) in [5.74, 6) is 0.880. The summed E-state index contributed by atoms with van der Waals surface area (Å²) in [5, 5.41) is 3.38. The Kier molecular flexibility index (Phi) is 8.29. The summed E-state index contributed by atoms with van der Waals surface area (Å²) in [6.45, 7) is 12.4. The molecule has 28 heavy (non-hydrogen) atoms. The van der Waals surface area contributed by atoms with E-state index in [-0.39, 0.29) is 6.10 Å². The summed E-state index contributed by atoms with van der Waals surface area (Å²) >= 11 is 0. The minimum absolute atomic E-state index is 0.183. The number of rotatable bonds is 9. The first-order valence-electron chi connectivity index (χ1n) is 9.63. The number of hydrogen-bond acceptors (Lipinski definition) is 3. The standard InChI is InChI=1S/C25H30N2O/c1-19(2)27-24-12-10-23(11-13-24)21(5)7-6-17-26-18-16-22-8-14-25(15-9-22)28-20(3)4/h6-20,27H,5H2,1-4H3/b7-6-,18-16+,26-17-. The molecule has 0 heterocycles. The van der Waals surface area contributed by atoms with E-state index in [4.69, 9.17) is 4.74 Å². The molecular formula is C25H30N2O. The number of hydrogen-bond donors (Lipinski definition) is 1. The molecule has 3 nitrogen and oxygen atoms in total. The van der Waals surface area contributed by atoms with Crippen LogP contribution >= 0.6 is 0 Å². The maximum Gasteiger partial charge on any atom is 0.119 e. The Morgan fingerprint density at radius 1 is 1.00 bits per heavy atom. The van der Waals surface area contributed by atoms with Gasteiger partial charge in [0.2, 0.25) is 0 Å². The van der Waals surface area contributed by atoms with Gasteiger partial charge in [-0.1, -0.05) is 36.9 Å². The lowest BCUT2D eigenvalue weighted by atomic mass is 10.1. The molecule has 0 aliphatic rings. The molecule has 2 rings (SSSR count). The van der Waals surface area contributed by atoms with Gasteiger partial charge in [0, 0.05) is 24.1 Å². The van der Waals surface area contributed by atoms with Crippen molar-refractivity contribution < 1.29 is 4.74 Å². The Hall–Kier alpha value is -3.07. The number of allylic oxidation sites excluding steroid dienone is 3. The third kappa shape index (κ3) is 7.67. The summed E-state index contributed by atoms with van der Waals surface area (Å²) in [6.07, 6.45) is 9.53. The second-order valence-electron chi connectivity index (χ2n) is 7.11. The van der Waals surface area contributed by atoms with Gasteiger partial charge in [0.25, 0.3) is 0 Å². The van der Waals surface area contributed by atoms with Crippen molar-refractivity contribution in [3.63, 3.8) is 0 Å². The molecule has 2 aromatic carbocycles. The van der Waals surface area contributed by atoms with Crippen molar-refractivity contribution in [3.8, 4) is 5.75 Å². The molecule has 0 saturated heterocycles. The van der Waals surface area contributed by atoms with Crippen LogP contribution in [0, 0.1) is 0 Å². The Morgan fingerprint density at radius 3 is 2.29 bits per heavy atom. The summed E-state index contributed by atoms with van der Waals surface area (Å²) in [4.78, 5) is 4.28. The van der Waals surface area contributed by atoms with Gasteiger partial charge in [0.15, 0.2) is 0 Å². The number of nitrogens with zero attached hydrogens (tertiary/aromatic N) is 1. The Labute approximate surface area is 169 Å². The maximum absolute atomic E-state index is 5.63. The van der Waals surface area contributed by atoms with Crippen LogP contribution in [0.3, 0.4) is 0 Å². The molecule has 0 aromatic heterocycles. The van der Waals surface area contributed by atoms with Crippen LogP contribution in [-0.4, -0.2) is 18.4 Å². The van der Waals surface area contributed by atoms with Gasteiger partial charge in [-0.05, 0) is 80.8 Å². The summed E-state index contributed by atoms with van der Waals surface area (Å²) in [6, 6.07) is 16.7. The van der Waals surface area contributed by atoms with Crippen LogP contribution in [0.1, 0.15) is 38.8 Å². The van der Waals surface area contributed by atoms with Crippen LogP contribution in [0.15, 0.2) is 78.5 Å². The Balaban J connectivity index is 1.83. The monoisotopic (exact) mass is 374 g/mol. The third-order valence-electron chi connectivity index (χ3n) is 3.79. The lowest BCUT2D eigenvalue weighted by Crippen LogP contribution is -2.09. The zero-order valence-corrected chi connectivity index (χ0v) is 17.2. The van der Waals surface area contributed by atoms with Crippen LogP contribution < -0.4 is 10.1 Å². The van der Waals surface area contributed by atoms with E-state index < -0.39 is 0 Å². The predicted molar refractivity (Wildman–Crippen MR) is 123 cm³/mol.